The molecule has 5 nitrogen and oxygen atoms in total. The maximum Gasteiger partial charge on any atom is 0.238 e. The predicted octanol–water partition coefficient (Wildman–Crippen LogP) is 2.15. The van der Waals surface area contributed by atoms with E-state index in [4.69, 9.17) is 10.9 Å². The zero-order valence-corrected chi connectivity index (χ0v) is 13.0. The Balaban J connectivity index is 1.97. The van der Waals surface area contributed by atoms with Crippen molar-refractivity contribution in [3.05, 3.63) is 40.6 Å². The van der Waals surface area contributed by atoms with Crippen molar-refractivity contribution in [3.63, 3.8) is 0 Å². The quantitative estimate of drug-likeness (QED) is 0.825. The number of anilines is 2. The standard InChI is InChI=1S/C14H17N3O2S2/c15-10-6-12(8-14(7-10)21(16,18)19)17(11-3-4-11)9-13-2-1-5-20-13/h1-2,5-8,11H,3-4,9,15H2,(H2,16,18,19). The van der Waals surface area contributed by atoms with Gasteiger partial charge in [0.05, 0.1) is 11.4 Å². The predicted molar refractivity (Wildman–Crippen MR) is 85.8 cm³/mol. The van der Waals surface area contributed by atoms with Crippen LogP contribution in [0.1, 0.15) is 17.7 Å². The fraction of sp³-hybridized carbons (Fsp3) is 0.286. The Bertz CT molecular complexity index is 738. The lowest BCUT2D eigenvalue weighted by Gasteiger charge is -2.25. The molecule has 0 radical (unpaired) electrons. The molecule has 0 amide bonds. The molecule has 1 saturated carbocycles. The Morgan fingerprint density at radius 1 is 1.29 bits per heavy atom. The highest BCUT2D eigenvalue weighted by Crippen LogP contribution is 2.35. The van der Waals surface area contributed by atoms with E-state index in [1.54, 1.807) is 23.5 Å². The molecule has 2 aromatic rings. The third-order valence-corrected chi connectivity index (χ3v) is 5.22. The van der Waals surface area contributed by atoms with Gasteiger partial charge in [0, 0.05) is 22.3 Å². The van der Waals surface area contributed by atoms with Crippen LogP contribution in [0.25, 0.3) is 0 Å². The van der Waals surface area contributed by atoms with E-state index >= 15 is 0 Å². The van der Waals surface area contributed by atoms with Crippen molar-refractivity contribution in [1.29, 1.82) is 0 Å². The second-order valence-electron chi connectivity index (χ2n) is 5.24. The molecule has 0 bridgehead atoms. The second kappa shape index (κ2) is 5.32. The summed E-state index contributed by atoms with van der Waals surface area (Å²) in [4.78, 5) is 3.51. The van der Waals surface area contributed by atoms with Crippen LogP contribution >= 0.6 is 11.3 Å². The third kappa shape index (κ3) is 3.37. The number of nitrogen functional groups attached to an aromatic ring is 1. The summed E-state index contributed by atoms with van der Waals surface area (Å²) in [6, 6.07) is 9.35. The average Bonchev–Trinajstić information content (AvgIpc) is 3.11. The van der Waals surface area contributed by atoms with Gasteiger partial charge in [-0.05, 0) is 42.5 Å². The summed E-state index contributed by atoms with van der Waals surface area (Å²) in [5.41, 5.74) is 7.07. The SMILES string of the molecule is Nc1cc(N(Cc2cccs2)C2CC2)cc(S(N)(=O)=O)c1. The number of nitrogens with two attached hydrogens (primary N) is 2. The van der Waals surface area contributed by atoms with Gasteiger partial charge in [-0.25, -0.2) is 13.6 Å². The first-order chi connectivity index (χ1) is 9.93. The highest BCUT2D eigenvalue weighted by atomic mass is 32.2. The molecule has 1 aliphatic carbocycles. The molecule has 0 saturated heterocycles. The van der Waals surface area contributed by atoms with Crippen LogP contribution in [0.2, 0.25) is 0 Å². The molecule has 112 valence electrons. The molecule has 1 fully saturated rings. The Kier molecular flexibility index (Phi) is 3.64. The molecular formula is C14H17N3O2S2. The molecule has 0 spiro atoms. The van der Waals surface area contributed by atoms with Gasteiger partial charge in [0.1, 0.15) is 0 Å². The van der Waals surface area contributed by atoms with Crippen molar-refractivity contribution in [2.45, 2.75) is 30.3 Å². The summed E-state index contributed by atoms with van der Waals surface area (Å²) < 4.78 is 23.1. The van der Waals surface area contributed by atoms with Gasteiger partial charge in [0.25, 0.3) is 0 Å². The van der Waals surface area contributed by atoms with Crippen LogP contribution in [0.15, 0.2) is 40.6 Å². The molecular weight excluding hydrogens is 306 g/mol. The fourth-order valence-electron chi connectivity index (χ4n) is 2.32. The van der Waals surface area contributed by atoms with E-state index in [1.165, 1.54) is 10.9 Å². The summed E-state index contributed by atoms with van der Waals surface area (Å²) in [6.45, 7) is 0.760. The number of rotatable bonds is 5. The van der Waals surface area contributed by atoms with E-state index in [-0.39, 0.29) is 4.90 Å². The van der Waals surface area contributed by atoms with E-state index < -0.39 is 10.0 Å². The molecule has 1 aromatic heterocycles. The molecule has 0 atom stereocenters. The summed E-state index contributed by atoms with van der Waals surface area (Å²) in [7, 11) is -3.75. The average molecular weight is 323 g/mol. The van der Waals surface area contributed by atoms with Gasteiger partial charge >= 0.3 is 0 Å². The summed E-state index contributed by atoms with van der Waals surface area (Å²) in [6.07, 6.45) is 2.23. The number of nitrogens with zero attached hydrogens (tertiary/aromatic N) is 1. The van der Waals surface area contributed by atoms with Crippen molar-refractivity contribution in [1.82, 2.24) is 0 Å². The number of primary sulfonamides is 1. The van der Waals surface area contributed by atoms with Crippen molar-refractivity contribution < 1.29 is 8.42 Å². The molecule has 1 heterocycles. The van der Waals surface area contributed by atoms with E-state index in [0.29, 0.717) is 11.7 Å². The number of thiophene rings is 1. The molecule has 21 heavy (non-hydrogen) atoms. The molecule has 1 aromatic carbocycles. The van der Waals surface area contributed by atoms with Gasteiger partial charge in [-0.1, -0.05) is 6.07 Å². The Labute approximate surface area is 128 Å². The lowest BCUT2D eigenvalue weighted by atomic mass is 10.2. The minimum absolute atomic E-state index is 0.0642. The molecule has 0 aliphatic heterocycles. The first-order valence-electron chi connectivity index (χ1n) is 6.66. The van der Waals surface area contributed by atoms with Gasteiger partial charge in [0.15, 0.2) is 0 Å². The second-order valence-corrected chi connectivity index (χ2v) is 7.84. The van der Waals surface area contributed by atoms with Crippen LogP contribution in [0, 0.1) is 0 Å². The van der Waals surface area contributed by atoms with Crippen molar-refractivity contribution in [3.8, 4) is 0 Å². The zero-order chi connectivity index (χ0) is 15.0. The summed E-state index contributed by atoms with van der Waals surface area (Å²) >= 11 is 1.69. The summed E-state index contributed by atoms with van der Waals surface area (Å²) in [5.74, 6) is 0. The highest BCUT2D eigenvalue weighted by Gasteiger charge is 2.30. The van der Waals surface area contributed by atoms with Crippen LogP contribution in [-0.4, -0.2) is 14.5 Å². The van der Waals surface area contributed by atoms with Crippen molar-refractivity contribution >= 4 is 32.7 Å². The zero-order valence-electron chi connectivity index (χ0n) is 11.4. The Morgan fingerprint density at radius 3 is 2.62 bits per heavy atom. The maximum absolute atomic E-state index is 11.6. The van der Waals surface area contributed by atoms with Gasteiger partial charge in [0.2, 0.25) is 10.0 Å². The van der Waals surface area contributed by atoms with Crippen molar-refractivity contribution in [2.75, 3.05) is 10.6 Å². The maximum atomic E-state index is 11.6. The minimum Gasteiger partial charge on any atom is -0.399 e. The van der Waals surface area contributed by atoms with E-state index in [9.17, 15) is 8.42 Å². The molecule has 0 unspecified atom stereocenters. The first-order valence-corrected chi connectivity index (χ1v) is 9.08. The largest absolute Gasteiger partial charge is 0.399 e. The van der Waals surface area contributed by atoms with Crippen LogP contribution in [0.5, 0.6) is 0 Å². The Hall–Kier alpha value is -1.57. The topological polar surface area (TPSA) is 89.4 Å². The highest BCUT2D eigenvalue weighted by molar-refractivity contribution is 7.89. The van der Waals surface area contributed by atoms with E-state index in [1.807, 2.05) is 11.4 Å². The number of benzene rings is 1. The van der Waals surface area contributed by atoms with Crippen LogP contribution in [0.4, 0.5) is 11.4 Å². The minimum atomic E-state index is -3.75. The third-order valence-electron chi connectivity index (χ3n) is 3.47. The van der Waals surface area contributed by atoms with Gasteiger partial charge in [-0.15, -0.1) is 11.3 Å². The number of hydrogen-bond acceptors (Lipinski definition) is 5. The van der Waals surface area contributed by atoms with Gasteiger partial charge in [-0.2, -0.15) is 0 Å². The van der Waals surface area contributed by atoms with Crippen molar-refractivity contribution in [2.24, 2.45) is 5.14 Å². The number of sulfonamides is 1. The molecule has 1 aliphatic rings. The monoisotopic (exact) mass is 323 g/mol. The van der Waals surface area contributed by atoms with E-state index in [0.717, 1.165) is 25.1 Å². The molecule has 4 N–H and O–H groups in total. The van der Waals surface area contributed by atoms with E-state index in [2.05, 4.69) is 11.0 Å². The summed E-state index contributed by atoms with van der Waals surface area (Å²) in [5, 5.41) is 7.26. The first kappa shape index (κ1) is 14.4. The lowest BCUT2D eigenvalue weighted by Crippen LogP contribution is -2.25. The van der Waals surface area contributed by atoms with Crippen LogP contribution in [0.3, 0.4) is 0 Å². The number of hydrogen-bond donors (Lipinski definition) is 2. The van der Waals surface area contributed by atoms with Gasteiger partial charge in [-0.3, -0.25) is 0 Å². The lowest BCUT2D eigenvalue weighted by molar-refractivity contribution is 0.597. The molecule has 3 rings (SSSR count). The van der Waals surface area contributed by atoms with Crippen LogP contribution in [-0.2, 0) is 16.6 Å². The fourth-order valence-corrected chi connectivity index (χ4v) is 3.61. The smallest absolute Gasteiger partial charge is 0.238 e. The van der Waals surface area contributed by atoms with Gasteiger partial charge < -0.3 is 10.6 Å². The Morgan fingerprint density at radius 2 is 2.05 bits per heavy atom. The molecule has 7 heteroatoms. The normalized spacial score (nSPS) is 15.1. The van der Waals surface area contributed by atoms with Crippen LogP contribution < -0.4 is 15.8 Å².